The standard InChI is InChI=1S/C53H34N4.C42H27N3.C41H26N4/c1-5-17-35(18-6-1)37-31-45(36-19-7-2-8-20-36)54-51(32-37)57-47-28-16-14-26-41(47)43-33-44-50(34-49(43)57)55(38-21-9-3-10-22-38)48-30-29-42-40-25-13-15-27-46(40)56(53(42)52(44)48)39-23-11-4-12-24-39;1-4-14-28(15-5-1)43-38-23-13-11-21-32(38)35-25-40-36(26-39(35)43)34-24-33-31-20-10-12-22-37(31)44(29-16-6-2-7-17-29)41(33)27-42(34)45(40)30-18-8-3-9-19-30;1-3-13-27(14-4-1)43-36-23-22-31-29-17-7-9-19-34(29)44(28-15-5-2-6-16-28)41(31)40(36)33-26-37-32(25-38(33)43)30-18-8-10-20-35(30)45(37)39-21-11-12-24-42-39/h1-34H;1-27H;1-26H. The molecule has 0 saturated heterocycles. The molecule has 0 amide bonds. The van der Waals surface area contributed by atoms with E-state index in [2.05, 4.69) is 557 Å². The molecule has 11 heterocycles. The lowest BCUT2D eigenvalue weighted by Gasteiger charge is -2.13. The molecule has 0 aliphatic carbocycles. The third-order valence-corrected chi connectivity index (χ3v) is 30.3. The van der Waals surface area contributed by atoms with Gasteiger partial charge < -0.3 is 32.0 Å². The van der Waals surface area contributed by atoms with Crippen molar-refractivity contribution in [2.45, 2.75) is 0 Å². The summed E-state index contributed by atoms with van der Waals surface area (Å²) in [7, 11) is 0. The van der Waals surface area contributed by atoms with Gasteiger partial charge in [-0.3, -0.25) is 9.13 Å². The first kappa shape index (κ1) is 83.0. The number of fused-ring (bicyclic) bond motifs is 29. The molecular formula is C136H87N11. The van der Waals surface area contributed by atoms with Crippen LogP contribution in [0.25, 0.3) is 270 Å². The van der Waals surface area contributed by atoms with Crippen LogP contribution in [0.5, 0.6) is 0 Å². The second kappa shape index (κ2) is 33.4. The van der Waals surface area contributed by atoms with Crippen LogP contribution in [-0.4, -0.2) is 51.1 Å². The first-order chi connectivity index (χ1) is 73.0. The largest absolute Gasteiger partial charge is 0.309 e. The zero-order valence-corrected chi connectivity index (χ0v) is 79.6. The van der Waals surface area contributed by atoms with Crippen LogP contribution in [0.1, 0.15) is 0 Å². The van der Waals surface area contributed by atoms with Gasteiger partial charge >= 0.3 is 0 Å². The molecule has 0 unspecified atom stereocenters. The number of pyridine rings is 2. The normalized spacial score (nSPS) is 11.9. The Balaban J connectivity index is 0.000000103. The molecule has 0 bridgehead atoms. The quantitative estimate of drug-likeness (QED) is 0.129. The van der Waals surface area contributed by atoms with Gasteiger partial charge in [0.25, 0.3) is 0 Å². The second-order valence-electron chi connectivity index (χ2n) is 38.2. The van der Waals surface area contributed by atoms with Crippen molar-refractivity contribution < 1.29 is 0 Å². The SMILES string of the molecule is c1ccc(-c2cc(-c3ccccc3)nc(-n3c4ccccc4c4cc5c6c(ccc7c8ccccc8n(-c8ccccc8)c76)n(-c6ccccc6)c5cc43)c2)cc1.c1ccc(-n2c3cc4c5ccccc5n(-c5ccccn5)c4cc3c3c2ccc2c4ccccc4n(-c4ccccc4)c23)cc1.c1ccc(-n2c3ccccc3c3cc4c(cc32)c2cc3c5ccccc5n(-c5ccccc5)c3cc2n4-c2ccccc2)cc1. The van der Waals surface area contributed by atoms with Gasteiger partial charge in [0.2, 0.25) is 0 Å². The smallest absolute Gasteiger partial charge is 0.138 e. The fraction of sp³-hybridized carbons (Fsp3) is 0. The van der Waals surface area contributed by atoms with E-state index in [9.17, 15) is 0 Å². The Morgan fingerprint density at radius 3 is 0.776 bits per heavy atom. The molecule has 0 aliphatic heterocycles. The van der Waals surface area contributed by atoms with Crippen LogP contribution in [0.2, 0.25) is 0 Å². The second-order valence-corrected chi connectivity index (χ2v) is 38.2. The molecule has 0 fully saturated rings. The van der Waals surface area contributed by atoms with Crippen LogP contribution < -0.4 is 0 Å². The number of benzene rings is 21. The summed E-state index contributed by atoms with van der Waals surface area (Å²) in [5.74, 6) is 1.80. The Labute approximate surface area is 843 Å². The van der Waals surface area contributed by atoms with Crippen molar-refractivity contribution in [2.75, 3.05) is 0 Å². The molecule has 32 aromatic rings. The van der Waals surface area contributed by atoms with Crippen molar-refractivity contribution in [3.63, 3.8) is 0 Å². The first-order valence-corrected chi connectivity index (χ1v) is 50.3. The molecule has 11 heteroatoms. The summed E-state index contributed by atoms with van der Waals surface area (Å²) < 4.78 is 21.7. The van der Waals surface area contributed by atoms with Crippen molar-refractivity contribution in [3.05, 3.63) is 528 Å². The zero-order chi connectivity index (χ0) is 96.4. The molecule has 32 rings (SSSR count). The van der Waals surface area contributed by atoms with Gasteiger partial charge in [0.15, 0.2) is 0 Å². The van der Waals surface area contributed by atoms with E-state index in [1.54, 1.807) is 0 Å². The van der Waals surface area contributed by atoms with Gasteiger partial charge in [0, 0.05) is 149 Å². The lowest BCUT2D eigenvalue weighted by Crippen LogP contribution is -2.00. The summed E-state index contributed by atoms with van der Waals surface area (Å²) in [4.78, 5) is 10.2. The molecular weight excluding hydrogens is 1790 g/mol. The summed E-state index contributed by atoms with van der Waals surface area (Å²) >= 11 is 0. The van der Waals surface area contributed by atoms with Gasteiger partial charge in [0.05, 0.1) is 105 Å². The molecule has 686 valence electrons. The van der Waals surface area contributed by atoms with E-state index in [1.165, 1.54) is 180 Å². The number of rotatable bonds is 11. The lowest BCUT2D eigenvalue weighted by molar-refractivity contribution is 1.08. The Bertz CT molecular complexity index is 10800. The van der Waals surface area contributed by atoms with Crippen LogP contribution >= 0.6 is 0 Å². The maximum atomic E-state index is 5.44. The summed E-state index contributed by atoms with van der Waals surface area (Å²) in [6.07, 6.45) is 1.87. The summed E-state index contributed by atoms with van der Waals surface area (Å²) in [5.41, 5.74) is 33.7. The van der Waals surface area contributed by atoms with Crippen molar-refractivity contribution in [3.8, 4) is 73.8 Å². The summed E-state index contributed by atoms with van der Waals surface area (Å²) in [5, 5.41) is 22.3. The third kappa shape index (κ3) is 12.9. The molecule has 0 saturated carbocycles. The van der Waals surface area contributed by atoms with Crippen LogP contribution in [0.3, 0.4) is 0 Å². The molecule has 0 aliphatic rings. The Morgan fingerprint density at radius 1 is 0.129 bits per heavy atom. The molecule has 147 heavy (non-hydrogen) atoms. The fourth-order valence-corrected chi connectivity index (χ4v) is 24.1. The first-order valence-electron chi connectivity index (χ1n) is 50.3. The molecule has 0 atom stereocenters. The Kier molecular flexibility index (Phi) is 18.9. The van der Waals surface area contributed by atoms with E-state index in [4.69, 9.17) is 9.97 Å². The van der Waals surface area contributed by atoms with E-state index in [1.807, 2.05) is 12.3 Å². The van der Waals surface area contributed by atoms with E-state index >= 15 is 0 Å². The highest BCUT2D eigenvalue weighted by Gasteiger charge is 2.30. The molecule has 0 spiro atoms. The predicted molar refractivity (Wildman–Crippen MR) is 615 cm³/mol. The van der Waals surface area contributed by atoms with Crippen LogP contribution in [-0.2, 0) is 0 Å². The number of hydrogen-bond donors (Lipinski definition) is 0. The van der Waals surface area contributed by atoms with E-state index < -0.39 is 0 Å². The van der Waals surface area contributed by atoms with Crippen molar-refractivity contribution in [1.29, 1.82) is 0 Å². The molecule has 11 aromatic heterocycles. The number of aromatic nitrogens is 11. The maximum absolute atomic E-state index is 5.44. The van der Waals surface area contributed by atoms with Crippen molar-refractivity contribution in [2.24, 2.45) is 0 Å². The molecule has 21 aromatic carbocycles. The Hall–Kier alpha value is -19.9. The van der Waals surface area contributed by atoms with E-state index in [-0.39, 0.29) is 0 Å². The van der Waals surface area contributed by atoms with Gasteiger partial charge in [-0.25, -0.2) is 9.97 Å². The van der Waals surface area contributed by atoms with Crippen molar-refractivity contribution in [1.82, 2.24) is 51.1 Å². The zero-order valence-electron chi connectivity index (χ0n) is 79.6. The van der Waals surface area contributed by atoms with Gasteiger partial charge in [-0.2, -0.15) is 0 Å². The van der Waals surface area contributed by atoms with E-state index in [0.29, 0.717) is 0 Å². The van der Waals surface area contributed by atoms with E-state index in [0.717, 1.165) is 90.0 Å². The van der Waals surface area contributed by atoms with Crippen LogP contribution in [0.4, 0.5) is 0 Å². The topological polar surface area (TPSA) is 70.2 Å². The van der Waals surface area contributed by atoms with Crippen molar-refractivity contribution >= 4 is 196 Å². The van der Waals surface area contributed by atoms with Crippen LogP contribution in [0, 0.1) is 0 Å². The highest BCUT2D eigenvalue weighted by molar-refractivity contribution is 6.32. The highest BCUT2D eigenvalue weighted by Crippen LogP contribution is 2.51. The molecule has 0 N–H and O–H groups in total. The van der Waals surface area contributed by atoms with Gasteiger partial charge in [-0.15, -0.1) is 0 Å². The molecule has 11 nitrogen and oxygen atoms in total. The minimum Gasteiger partial charge on any atom is -0.309 e. The predicted octanol–water partition coefficient (Wildman–Crippen LogP) is 35.1. The fourth-order valence-electron chi connectivity index (χ4n) is 24.1. The number of hydrogen-bond acceptors (Lipinski definition) is 2. The Morgan fingerprint density at radius 2 is 0.381 bits per heavy atom. The molecule has 0 radical (unpaired) electrons. The number of para-hydroxylation sites is 13. The van der Waals surface area contributed by atoms with Gasteiger partial charge in [0.1, 0.15) is 11.6 Å². The minimum atomic E-state index is 0.884. The van der Waals surface area contributed by atoms with Gasteiger partial charge in [-0.1, -0.05) is 315 Å². The summed E-state index contributed by atoms with van der Waals surface area (Å²) in [6.45, 7) is 0. The maximum Gasteiger partial charge on any atom is 0.138 e. The van der Waals surface area contributed by atoms with Gasteiger partial charge in [-0.05, 0) is 217 Å². The number of nitrogens with zero attached hydrogens (tertiary/aromatic N) is 11. The monoisotopic (exact) mass is 1870 g/mol. The van der Waals surface area contributed by atoms with Crippen LogP contribution in [0.15, 0.2) is 528 Å². The third-order valence-electron chi connectivity index (χ3n) is 30.3. The highest BCUT2D eigenvalue weighted by atomic mass is 15.1. The average molecular weight is 1880 g/mol. The lowest BCUT2D eigenvalue weighted by atomic mass is 10.0. The minimum absolute atomic E-state index is 0.884. The summed E-state index contributed by atoms with van der Waals surface area (Å²) in [6, 6.07) is 188. The average Bonchev–Trinajstić information content (AvgIpc) is 1.55.